The zero-order chi connectivity index (χ0) is 12.4. The molecule has 0 N–H and O–H groups in total. The monoisotopic (exact) mass is 360 g/mol. The van der Waals surface area contributed by atoms with Gasteiger partial charge in [0.05, 0.1) is 4.47 Å². The zero-order valence-electron chi connectivity index (χ0n) is 8.75. The van der Waals surface area contributed by atoms with Crippen LogP contribution >= 0.6 is 31.9 Å². The number of ether oxygens (including phenoxy) is 1. The van der Waals surface area contributed by atoms with Gasteiger partial charge in [-0.05, 0) is 57.0 Å². The first-order valence-corrected chi connectivity index (χ1v) is 6.27. The zero-order valence-corrected chi connectivity index (χ0v) is 11.9. The highest BCUT2D eigenvalue weighted by Crippen LogP contribution is 2.26. The van der Waals surface area contributed by atoms with Crippen molar-refractivity contribution in [1.29, 1.82) is 0 Å². The Morgan fingerprint density at radius 3 is 2.59 bits per heavy atom. The standard InChI is InChI=1S/C11H7Br2FN2O/c1-6-15-10(13)5-11(16-6)17-7-2-3-9(14)8(12)4-7/h2-5H,1H3. The Morgan fingerprint density at radius 1 is 1.18 bits per heavy atom. The van der Waals surface area contributed by atoms with Crippen LogP contribution in [0.5, 0.6) is 11.6 Å². The average Bonchev–Trinajstić information content (AvgIpc) is 2.22. The summed E-state index contributed by atoms with van der Waals surface area (Å²) in [5.74, 6) is 1.17. The van der Waals surface area contributed by atoms with E-state index >= 15 is 0 Å². The Hall–Kier alpha value is -1.01. The Morgan fingerprint density at radius 2 is 1.94 bits per heavy atom. The van der Waals surface area contributed by atoms with E-state index in [1.54, 1.807) is 19.1 Å². The van der Waals surface area contributed by atoms with Crippen molar-refractivity contribution in [2.75, 3.05) is 0 Å². The van der Waals surface area contributed by atoms with Crippen LogP contribution in [0, 0.1) is 12.7 Å². The molecular formula is C11H7Br2FN2O. The van der Waals surface area contributed by atoms with E-state index in [0.29, 0.717) is 26.5 Å². The van der Waals surface area contributed by atoms with Crippen molar-refractivity contribution < 1.29 is 9.13 Å². The lowest BCUT2D eigenvalue weighted by Crippen LogP contribution is -1.93. The van der Waals surface area contributed by atoms with Gasteiger partial charge in [-0.2, -0.15) is 4.98 Å². The minimum Gasteiger partial charge on any atom is -0.439 e. The Labute approximate surface area is 114 Å². The first kappa shape index (κ1) is 12.4. The number of halogens is 3. The summed E-state index contributed by atoms with van der Waals surface area (Å²) in [5.41, 5.74) is 0. The highest BCUT2D eigenvalue weighted by molar-refractivity contribution is 9.10. The molecule has 3 nitrogen and oxygen atoms in total. The summed E-state index contributed by atoms with van der Waals surface area (Å²) in [6, 6.07) is 6.04. The Balaban J connectivity index is 2.28. The highest BCUT2D eigenvalue weighted by Gasteiger charge is 2.05. The predicted molar refractivity (Wildman–Crippen MR) is 68.6 cm³/mol. The van der Waals surface area contributed by atoms with Gasteiger partial charge in [-0.1, -0.05) is 0 Å². The normalized spacial score (nSPS) is 10.4. The van der Waals surface area contributed by atoms with Crippen molar-refractivity contribution in [3.63, 3.8) is 0 Å². The SMILES string of the molecule is Cc1nc(Br)cc(Oc2ccc(F)c(Br)c2)n1. The molecule has 2 aromatic rings. The van der Waals surface area contributed by atoms with E-state index in [2.05, 4.69) is 41.8 Å². The Bertz CT molecular complexity index is 543. The van der Waals surface area contributed by atoms with Crippen LogP contribution in [0.1, 0.15) is 5.82 Å². The molecule has 1 aromatic carbocycles. The van der Waals surface area contributed by atoms with Crippen LogP contribution in [0.25, 0.3) is 0 Å². The molecule has 0 fully saturated rings. The van der Waals surface area contributed by atoms with Gasteiger partial charge >= 0.3 is 0 Å². The molecular weight excluding hydrogens is 355 g/mol. The third-order valence-corrected chi connectivity index (χ3v) is 2.91. The molecule has 88 valence electrons. The summed E-state index contributed by atoms with van der Waals surface area (Å²) < 4.78 is 19.5. The molecule has 1 aromatic heterocycles. The second-order valence-corrected chi connectivity index (χ2v) is 4.92. The fourth-order valence-electron chi connectivity index (χ4n) is 1.22. The lowest BCUT2D eigenvalue weighted by atomic mass is 10.3. The van der Waals surface area contributed by atoms with Crippen molar-refractivity contribution >= 4 is 31.9 Å². The Kier molecular flexibility index (Phi) is 3.73. The van der Waals surface area contributed by atoms with E-state index in [-0.39, 0.29) is 5.82 Å². The van der Waals surface area contributed by atoms with E-state index in [0.717, 1.165) is 0 Å². The fraction of sp³-hybridized carbons (Fsp3) is 0.0909. The maximum absolute atomic E-state index is 13.0. The van der Waals surface area contributed by atoms with E-state index in [1.165, 1.54) is 12.1 Å². The summed E-state index contributed by atoms with van der Waals surface area (Å²) in [6.07, 6.45) is 0. The lowest BCUT2D eigenvalue weighted by Gasteiger charge is -2.06. The average molecular weight is 362 g/mol. The molecule has 0 amide bonds. The van der Waals surface area contributed by atoms with Gasteiger partial charge in [-0.3, -0.25) is 0 Å². The lowest BCUT2D eigenvalue weighted by molar-refractivity contribution is 0.457. The van der Waals surface area contributed by atoms with Crippen LogP contribution in [-0.2, 0) is 0 Å². The molecule has 0 unspecified atom stereocenters. The van der Waals surface area contributed by atoms with E-state index in [4.69, 9.17) is 4.74 Å². The largest absolute Gasteiger partial charge is 0.439 e. The maximum atomic E-state index is 13.0. The van der Waals surface area contributed by atoms with Gasteiger partial charge in [0, 0.05) is 6.07 Å². The van der Waals surface area contributed by atoms with Gasteiger partial charge < -0.3 is 4.74 Å². The summed E-state index contributed by atoms with van der Waals surface area (Å²) in [4.78, 5) is 8.17. The molecule has 0 bridgehead atoms. The first-order valence-electron chi connectivity index (χ1n) is 4.69. The van der Waals surface area contributed by atoms with Gasteiger partial charge in [0.25, 0.3) is 0 Å². The van der Waals surface area contributed by atoms with E-state index in [1.807, 2.05) is 0 Å². The predicted octanol–water partition coefficient (Wildman–Crippen LogP) is 4.24. The summed E-state index contributed by atoms with van der Waals surface area (Å²) in [6.45, 7) is 1.76. The number of aromatic nitrogens is 2. The molecule has 0 saturated heterocycles. The fourth-order valence-corrected chi connectivity index (χ4v) is 2.03. The maximum Gasteiger partial charge on any atom is 0.223 e. The van der Waals surface area contributed by atoms with Crippen LogP contribution in [0.3, 0.4) is 0 Å². The minimum absolute atomic E-state index is 0.336. The van der Waals surface area contributed by atoms with Crippen molar-refractivity contribution in [1.82, 2.24) is 9.97 Å². The topological polar surface area (TPSA) is 35.0 Å². The van der Waals surface area contributed by atoms with Crippen molar-refractivity contribution in [2.24, 2.45) is 0 Å². The van der Waals surface area contributed by atoms with Gasteiger partial charge in [0.15, 0.2) is 0 Å². The second-order valence-electron chi connectivity index (χ2n) is 3.25. The molecule has 1 heterocycles. The summed E-state index contributed by atoms with van der Waals surface area (Å²) in [7, 11) is 0. The van der Waals surface area contributed by atoms with Crippen molar-refractivity contribution in [2.45, 2.75) is 6.92 Å². The summed E-state index contributed by atoms with van der Waals surface area (Å²) in [5, 5.41) is 0. The third-order valence-electron chi connectivity index (χ3n) is 1.90. The van der Waals surface area contributed by atoms with Gasteiger partial charge in [-0.15, -0.1) is 0 Å². The number of benzene rings is 1. The molecule has 0 radical (unpaired) electrons. The first-order chi connectivity index (χ1) is 8.04. The van der Waals surface area contributed by atoms with Crippen LogP contribution in [0.15, 0.2) is 33.3 Å². The van der Waals surface area contributed by atoms with Crippen LogP contribution in [0.4, 0.5) is 4.39 Å². The minimum atomic E-state index is -0.336. The molecule has 2 rings (SSSR count). The number of aryl methyl sites for hydroxylation is 1. The van der Waals surface area contributed by atoms with E-state index in [9.17, 15) is 4.39 Å². The van der Waals surface area contributed by atoms with Crippen molar-refractivity contribution in [3.05, 3.63) is 45.0 Å². The number of nitrogens with zero attached hydrogens (tertiary/aromatic N) is 2. The highest BCUT2D eigenvalue weighted by atomic mass is 79.9. The molecule has 0 aliphatic heterocycles. The van der Waals surface area contributed by atoms with Crippen LogP contribution < -0.4 is 4.74 Å². The second kappa shape index (κ2) is 5.10. The number of rotatable bonds is 2. The summed E-state index contributed by atoms with van der Waals surface area (Å²) >= 11 is 6.34. The van der Waals surface area contributed by atoms with Gasteiger partial charge in [0.2, 0.25) is 5.88 Å². The molecule has 0 saturated carbocycles. The molecule has 6 heteroatoms. The van der Waals surface area contributed by atoms with Gasteiger partial charge in [0.1, 0.15) is 22.0 Å². The number of hydrogen-bond acceptors (Lipinski definition) is 3. The molecule has 0 aliphatic carbocycles. The molecule has 0 spiro atoms. The molecule has 0 atom stereocenters. The quantitative estimate of drug-likeness (QED) is 0.750. The van der Waals surface area contributed by atoms with Crippen LogP contribution in [0.2, 0.25) is 0 Å². The third kappa shape index (κ3) is 3.23. The molecule has 0 aliphatic rings. The number of hydrogen-bond donors (Lipinski definition) is 0. The van der Waals surface area contributed by atoms with Gasteiger partial charge in [-0.25, -0.2) is 9.37 Å². The van der Waals surface area contributed by atoms with Crippen molar-refractivity contribution in [3.8, 4) is 11.6 Å². The molecule has 17 heavy (non-hydrogen) atoms. The van der Waals surface area contributed by atoms with Crippen LogP contribution in [-0.4, -0.2) is 9.97 Å². The van der Waals surface area contributed by atoms with E-state index < -0.39 is 0 Å². The smallest absolute Gasteiger partial charge is 0.223 e.